The van der Waals surface area contributed by atoms with Crippen LogP contribution >= 0.6 is 11.3 Å². The average Bonchev–Trinajstić information content (AvgIpc) is 3.00. The zero-order valence-corrected chi connectivity index (χ0v) is 14.5. The Morgan fingerprint density at radius 2 is 2.00 bits per heavy atom. The number of phenolic OH excluding ortho intramolecular Hbond substituents is 1. The third kappa shape index (κ3) is 3.49. The molecule has 24 heavy (non-hydrogen) atoms. The van der Waals surface area contributed by atoms with E-state index in [4.69, 9.17) is 0 Å². The van der Waals surface area contributed by atoms with Crippen molar-refractivity contribution in [3.63, 3.8) is 0 Å². The first-order chi connectivity index (χ1) is 11.7. The number of hydrazone groups is 1. The second kappa shape index (κ2) is 7.31. The predicted molar refractivity (Wildman–Crippen MR) is 103 cm³/mol. The van der Waals surface area contributed by atoms with Crippen molar-refractivity contribution >= 4 is 38.6 Å². The number of aromatic nitrogens is 1. The lowest BCUT2D eigenvalue weighted by Gasteiger charge is -2.21. The molecular formula is C18H20N4OS. The van der Waals surface area contributed by atoms with Gasteiger partial charge in [-0.05, 0) is 38.1 Å². The molecule has 0 atom stereocenters. The Balaban J connectivity index is 1.72. The summed E-state index contributed by atoms with van der Waals surface area (Å²) in [5.74, 6) is 0.217. The van der Waals surface area contributed by atoms with Gasteiger partial charge in [0.05, 0.1) is 16.4 Å². The zero-order valence-electron chi connectivity index (χ0n) is 13.7. The van der Waals surface area contributed by atoms with Crippen LogP contribution in [0.4, 0.5) is 10.8 Å². The Bertz CT molecular complexity index is 822. The van der Waals surface area contributed by atoms with Gasteiger partial charge in [-0.15, -0.1) is 0 Å². The Morgan fingerprint density at radius 1 is 1.21 bits per heavy atom. The fourth-order valence-electron chi connectivity index (χ4n) is 2.50. The van der Waals surface area contributed by atoms with Crippen molar-refractivity contribution in [1.82, 2.24) is 4.98 Å². The van der Waals surface area contributed by atoms with Crippen LogP contribution in [0.2, 0.25) is 0 Å². The molecule has 124 valence electrons. The Hall–Kier alpha value is -2.60. The highest BCUT2D eigenvalue weighted by Crippen LogP contribution is 2.26. The largest absolute Gasteiger partial charge is 0.507 e. The summed E-state index contributed by atoms with van der Waals surface area (Å²) in [5.41, 5.74) is 5.55. The summed E-state index contributed by atoms with van der Waals surface area (Å²) in [6.07, 6.45) is 1.60. The van der Waals surface area contributed by atoms with Crippen molar-refractivity contribution < 1.29 is 5.11 Å². The fourth-order valence-corrected chi connectivity index (χ4v) is 3.32. The number of benzene rings is 2. The van der Waals surface area contributed by atoms with Gasteiger partial charge in [0.25, 0.3) is 0 Å². The Labute approximate surface area is 145 Å². The molecule has 5 nitrogen and oxygen atoms in total. The van der Waals surface area contributed by atoms with E-state index in [0.717, 1.165) is 34.1 Å². The summed E-state index contributed by atoms with van der Waals surface area (Å²) < 4.78 is 1.11. The minimum atomic E-state index is 0.217. The number of para-hydroxylation sites is 1. The molecule has 3 rings (SSSR count). The second-order valence-electron chi connectivity index (χ2n) is 5.27. The van der Waals surface area contributed by atoms with Crippen LogP contribution in [0.25, 0.3) is 10.2 Å². The van der Waals surface area contributed by atoms with E-state index in [2.05, 4.69) is 34.3 Å². The quantitative estimate of drug-likeness (QED) is 0.519. The number of rotatable bonds is 6. The second-order valence-corrected chi connectivity index (χ2v) is 6.30. The smallest absolute Gasteiger partial charge is 0.204 e. The lowest BCUT2D eigenvalue weighted by Crippen LogP contribution is -2.21. The van der Waals surface area contributed by atoms with Crippen molar-refractivity contribution in [2.45, 2.75) is 13.8 Å². The van der Waals surface area contributed by atoms with Crippen molar-refractivity contribution in [2.24, 2.45) is 5.10 Å². The first-order valence-electron chi connectivity index (χ1n) is 7.94. The highest BCUT2D eigenvalue weighted by Gasteiger charge is 2.06. The first-order valence-corrected chi connectivity index (χ1v) is 8.75. The predicted octanol–water partition coefficient (Wildman–Crippen LogP) is 4.29. The Morgan fingerprint density at radius 3 is 2.71 bits per heavy atom. The van der Waals surface area contributed by atoms with Crippen molar-refractivity contribution in [3.8, 4) is 5.75 Å². The molecule has 1 heterocycles. The number of nitrogens with zero attached hydrogens (tertiary/aromatic N) is 3. The van der Waals surface area contributed by atoms with Gasteiger partial charge in [0.15, 0.2) is 0 Å². The standard InChI is InChI=1S/C18H20N4OS/c1-3-22(4-2)14-10-9-13(16(23)11-14)12-19-21-18-20-15-7-5-6-8-17(15)24-18/h5-12,23H,3-4H2,1-2H3,(H,20,21)/b19-12-. The van der Waals surface area contributed by atoms with Crippen LogP contribution in [0.5, 0.6) is 5.75 Å². The summed E-state index contributed by atoms with van der Waals surface area (Å²) in [4.78, 5) is 6.63. The average molecular weight is 340 g/mol. The van der Waals surface area contributed by atoms with E-state index < -0.39 is 0 Å². The maximum atomic E-state index is 10.2. The van der Waals surface area contributed by atoms with Crippen LogP contribution in [0.15, 0.2) is 47.6 Å². The normalized spacial score (nSPS) is 11.2. The monoisotopic (exact) mass is 340 g/mol. The Kier molecular flexibility index (Phi) is 4.96. The van der Waals surface area contributed by atoms with Crippen LogP contribution in [0.3, 0.4) is 0 Å². The molecule has 0 unspecified atom stereocenters. The van der Waals surface area contributed by atoms with Crippen molar-refractivity contribution in [2.75, 3.05) is 23.4 Å². The highest BCUT2D eigenvalue weighted by atomic mass is 32.1. The summed E-state index contributed by atoms with van der Waals surface area (Å²) >= 11 is 1.54. The van der Waals surface area contributed by atoms with E-state index in [1.54, 1.807) is 23.6 Å². The van der Waals surface area contributed by atoms with Crippen LogP contribution in [0.1, 0.15) is 19.4 Å². The number of thiazole rings is 1. The SMILES string of the molecule is CCN(CC)c1ccc(/C=N\Nc2nc3ccccc3s2)c(O)c1. The molecule has 3 aromatic rings. The van der Waals surface area contributed by atoms with Gasteiger partial charge in [-0.2, -0.15) is 5.10 Å². The van der Waals surface area contributed by atoms with E-state index in [0.29, 0.717) is 5.56 Å². The third-order valence-corrected chi connectivity index (χ3v) is 4.74. The van der Waals surface area contributed by atoms with E-state index in [9.17, 15) is 5.11 Å². The van der Waals surface area contributed by atoms with Gasteiger partial charge >= 0.3 is 0 Å². The molecule has 0 aliphatic carbocycles. The summed E-state index contributed by atoms with van der Waals surface area (Å²) in [6.45, 7) is 6.00. The molecule has 0 radical (unpaired) electrons. The lowest BCUT2D eigenvalue weighted by atomic mass is 10.2. The fraction of sp³-hybridized carbons (Fsp3) is 0.222. The van der Waals surface area contributed by atoms with Gasteiger partial charge in [0.1, 0.15) is 5.75 Å². The van der Waals surface area contributed by atoms with Crippen LogP contribution in [0, 0.1) is 0 Å². The molecule has 0 bridgehead atoms. The highest BCUT2D eigenvalue weighted by molar-refractivity contribution is 7.22. The molecule has 2 aromatic carbocycles. The summed E-state index contributed by atoms with van der Waals surface area (Å²) in [7, 11) is 0. The third-order valence-electron chi connectivity index (χ3n) is 3.80. The molecule has 0 aliphatic heterocycles. The molecule has 0 fully saturated rings. The molecule has 0 aliphatic rings. The molecule has 6 heteroatoms. The molecule has 1 aromatic heterocycles. The van der Waals surface area contributed by atoms with E-state index >= 15 is 0 Å². The number of nitrogens with one attached hydrogen (secondary N) is 1. The van der Waals surface area contributed by atoms with Gasteiger partial charge in [-0.25, -0.2) is 4.98 Å². The lowest BCUT2D eigenvalue weighted by molar-refractivity contribution is 0.474. The molecular weight excluding hydrogens is 320 g/mol. The number of hydrogen-bond acceptors (Lipinski definition) is 6. The van der Waals surface area contributed by atoms with Crippen LogP contribution in [-0.4, -0.2) is 29.4 Å². The van der Waals surface area contributed by atoms with Crippen LogP contribution in [-0.2, 0) is 0 Å². The van der Waals surface area contributed by atoms with Gasteiger partial charge < -0.3 is 10.0 Å². The van der Waals surface area contributed by atoms with E-state index in [1.807, 2.05) is 36.4 Å². The molecule has 0 spiro atoms. The van der Waals surface area contributed by atoms with Gasteiger partial charge in [-0.1, -0.05) is 23.5 Å². The summed E-state index contributed by atoms with van der Waals surface area (Å²) in [5, 5.41) is 15.1. The molecule has 0 saturated heterocycles. The minimum absolute atomic E-state index is 0.217. The van der Waals surface area contributed by atoms with Crippen molar-refractivity contribution in [1.29, 1.82) is 0 Å². The number of aromatic hydroxyl groups is 1. The number of fused-ring (bicyclic) bond motifs is 1. The molecule has 2 N–H and O–H groups in total. The molecule has 0 saturated carbocycles. The zero-order chi connectivity index (χ0) is 16.9. The van der Waals surface area contributed by atoms with Crippen molar-refractivity contribution in [3.05, 3.63) is 48.0 Å². The summed E-state index contributed by atoms with van der Waals surface area (Å²) in [6, 6.07) is 13.6. The number of phenols is 1. The number of anilines is 2. The maximum Gasteiger partial charge on any atom is 0.204 e. The van der Waals surface area contributed by atoms with Crippen LogP contribution < -0.4 is 10.3 Å². The first kappa shape index (κ1) is 16.3. The van der Waals surface area contributed by atoms with Gasteiger partial charge in [0.2, 0.25) is 5.13 Å². The maximum absolute atomic E-state index is 10.2. The topological polar surface area (TPSA) is 60.8 Å². The minimum Gasteiger partial charge on any atom is -0.507 e. The van der Waals surface area contributed by atoms with Gasteiger partial charge in [0, 0.05) is 30.4 Å². The molecule has 0 amide bonds. The van der Waals surface area contributed by atoms with E-state index in [-0.39, 0.29) is 5.75 Å². The van der Waals surface area contributed by atoms with E-state index in [1.165, 1.54) is 0 Å². The van der Waals surface area contributed by atoms with Gasteiger partial charge in [-0.3, -0.25) is 5.43 Å². The number of hydrogen-bond donors (Lipinski definition) is 2.